The first-order valence-electron chi connectivity index (χ1n) is 4.18. The Kier molecular flexibility index (Phi) is 2.39. The molecule has 67 valence electrons. The van der Waals surface area contributed by atoms with Crippen LogP contribution in [0.3, 0.4) is 0 Å². The molecule has 1 radical (unpaired) electrons. The van der Waals surface area contributed by atoms with Gasteiger partial charge in [-0.25, -0.2) is 0 Å². The van der Waals surface area contributed by atoms with E-state index in [1.807, 2.05) is 6.29 Å². The average molecular weight is 170 g/mol. The van der Waals surface area contributed by atoms with E-state index >= 15 is 0 Å². The standard InChI is InChI=1S/C8H12NO3/c10-2-1-9-7-3-11-5-8(9)6-12-4-7/h7-8H,1,3-6H2. The first kappa shape index (κ1) is 8.16. The van der Waals surface area contributed by atoms with Crippen molar-refractivity contribution in [2.45, 2.75) is 12.1 Å². The molecule has 0 N–H and O–H groups in total. The van der Waals surface area contributed by atoms with Gasteiger partial charge in [-0.2, -0.15) is 0 Å². The third-order valence-electron chi connectivity index (χ3n) is 2.43. The summed E-state index contributed by atoms with van der Waals surface area (Å²) in [5.74, 6) is 0. The molecular weight excluding hydrogens is 158 g/mol. The zero-order valence-corrected chi connectivity index (χ0v) is 6.86. The van der Waals surface area contributed by atoms with Crippen molar-refractivity contribution >= 4 is 6.29 Å². The molecule has 4 nitrogen and oxygen atoms in total. The zero-order valence-electron chi connectivity index (χ0n) is 6.86. The molecule has 2 heterocycles. The number of hydrogen-bond acceptors (Lipinski definition) is 4. The first-order chi connectivity index (χ1) is 5.92. The van der Waals surface area contributed by atoms with Crippen LogP contribution < -0.4 is 0 Å². The summed E-state index contributed by atoms with van der Waals surface area (Å²) in [6.45, 7) is 3.11. The van der Waals surface area contributed by atoms with Gasteiger partial charge in [0.1, 0.15) is 0 Å². The van der Waals surface area contributed by atoms with Crippen molar-refractivity contribution < 1.29 is 14.3 Å². The maximum atomic E-state index is 10.3. The summed E-state index contributed by atoms with van der Waals surface area (Å²) < 4.78 is 10.7. The van der Waals surface area contributed by atoms with Crippen LogP contribution in [0.1, 0.15) is 0 Å². The Morgan fingerprint density at radius 2 is 1.67 bits per heavy atom. The quantitative estimate of drug-likeness (QED) is 0.543. The fourth-order valence-corrected chi connectivity index (χ4v) is 1.79. The maximum Gasteiger partial charge on any atom is 0.213 e. The van der Waals surface area contributed by atoms with Gasteiger partial charge in [0.15, 0.2) is 0 Å². The van der Waals surface area contributed by atoms with Crippen molar-refractivity contribution in [3.05, 3.63) is 0 Å². The third-order valence-corrected chi connectivity index (χ3v) is 2.43. The zero-order chi connectivity index (χ0) is 8.39. The van der Waals surface area contributed by atoms with Crippen molar-refractivity contribution in [3.8, 4) is 0 Å². The lowest BCUT2D eigenvalue weighted by molar-refractivity contribution is -0.131. The van der Waals surface area contributed by atoms with Crippen molar-refractivity contribution in [3.63, 3.8) is 0 Å². The Hall–Kier alpha value is -0.450. The average Bonchev–Trinajstić information content (AvgIpc) is 2.04. The molecule has 0 aromatic rings. The topological polar surface area (TPSA) is 38.8 Å². The summed E-state index contributed by atoms with van der Waals surface area (Å²) in [5, 5.41) is 0. The third kappa shape index (κ3) is 1.37. The second kappa shape index (κ2) is 3.51. The van der Waals surface area contributed by atoms with Crippen LogP contribution in [0.4, 0.5) is 0 Å². The summed E-state index contributed by atoms with van der Waals surface area (Å²) >= 11 is 0. The van der Waals surface area contributed by atoms with Gasteiger partial charge in [-0.3, -0.25) is 9.69 Å². The minimum atomic E-state index is 0.263. The van der Waals surface area contributed by atoms with Crippen LogP contribution in [0.5, 0.6) is 0 Å². The second-order valence-corrected chi connectivity index (χ2v) is 3.20. The van der Waals surface area contributed by atoms with Crippen LogP contribution in [0, 0.1) is 0 Å². The van der Waals surface area contributed by atoms with Crippen molar-refractivity contribution in [2.24, 2.45) is 0 Å². The van der Waals surface area contributed by atoms with Gasteiger partial charge < -0.3 is 9.47 Å². The lowest BCUT2D eigenvalue weighted by atomic mass is 10.1. The lowest BCUT2D eigenvalue weighted by Crippen LogP contribution is -2.59. The number of fused-ring (bicyclic) bond motifs is 2. The predicted octanol–water partition coefficient (Wildman–Crippen LogP) is -0.804. The summed E-state index contributed by atoms with van der Waals surface area (Å²) in [6.07, 6.45) is 1.93. The molecule has 0 aromatic heterocycles. The van der Waals surface area contributed by atoms with Gasteiger partial charge in [-0.1, -0.05) is 0 Å². The summed E-state index contributed by atoms with van der Waals surface area (Å²) in [6, 6.07) is 0.526. The highest BCUT2D eigenvalue weighted by Gasteiger charge is 2.34. The largest absolute Gasteiger partial charge is 0.378 e. The van der Waals surface area contributed by atoms with Crippen LogP contribution in [-0.2, 0) is 14.3 Å². The van der Waals surface area contributed by atoms with E-state index < -0.39 is 0 Å². The number of morpholine rings is 2. The molecule has 0 saturated carbocycles. The minimum absolute atomic E-state index is 0.263. The van der Waals surface area contributed by atoms with E-state index in [4.69, 9.17) is 9.47 Å². The van der Waals surface area contributed by atoms with Gasteiger partial charge in [0.05, 0.1) is 45.1 Å². The Bertz CT molecular complexity index is 152. The smallest absolute Gasteiger partial charge is 0.213 e. The molecule has 2 bridgehead atoms. The lowest BCUT2D eigenvalue weighted by Gasteiger charge is -2.44. The number of rotatable bonds is 2. The molecule has 0 aromatic carbocycles. The molecule has 2 aliphatic rings. The summed E-state index contributed by atoms with van der Waals surface area (Å²) in [7, 11) is 0. The van der Waals surface area contributed by atoms with E-state index in [9.17, 15) is 4.79 Å². The maximum absolute atomic E-state index is 10.3. The SMILES string of the molecule is O=[C]CN1C2COCC1COC2. The normalized spacial score (nSPS) is 36.3. The summed E-state index contributed by atoms with van der Waals surface area (Å²) in [5.41, 5.74) is 0. The van der Waals surface area contributed by atoms with Gasteiger partial charge in [0, 0.05) is 0 Å². The predicted molar refractivity (Wildman–Crippen MR) is 41.6 cm³/mol. The number of hydrogen-bond donors (Lipinski definition) is 0. The number of ether oxygens (including phenoxy) is 2. The minimum Gasteiger partial charge on any atom is -0.378 e. The Morgan fingerprint density at radius 3 is 2.08 bits per heavy atom. The molecule has 4 heteroatoms. The second-order valence-electron chi connectivity index (χ2n) is 3.20. The molecule has 0 unspecified atom stereocenters. The van der Waals surface area contributed by atoms with Crippen LogP contribution in [-0.4, -0.2) is 56.2 Å². The fourth-order valence-electron chi connectivity index (χ4n) is 1.79. The number of nitrogens with zero attached hydrogens (tertiary/aromatic N) is 1. The van der Waals surface area contributed by atoms with E-state index in [-0.39, 0.29) is 12.1 Å². The highest BCUT2D eigenvalue weighted by atomic mass is 16.5. The van der Waals surface area contributed by atoms with E-state index in [2.05, 4.69) is 4.90 Å². The Balaban J connectivity index is 2.03. The van der Waals surface area contributed by atoms with Gasteiger partial charge >= 0.3 is 0 Å². The van der Waals surface area contributed by atoms with Gasteiger partial charge in [-0.05, 0) is 0 Å². The van der Waals surface area contributed by atoms with E-state index in [1.54, 1.807) is 0 Å². The Morgan fingerprint density at radius 1 is 1.17 bits per heavy atom. The van der Waals surface area contributed by atoms with Crippen LogP contribution in [0.25, 0.3) is 0 Å². The van der Waals surface area contributed by atoms with Gasteiger partial charge in [0.2, 0.25) is 6.29 Å². The van der Waals surface area contributed by atoms with Crippen LogP contribution >= 0.6 is 0 Å². The highest BCUT2D eigenvalue weighted by molar-refractivity contribution is 5.53. The summed E-state index contributed by atoms with van der Waals surface area (Å²) in [4.78, 5) is 12.4. The highest BCUT2D eigenvalue weighted by Crippen LogP contribution is 2.17. The molecule has 12 heavy (non-hydrogen) atoms. The molecule has 0 amide bonds. The first-order valence-corrected chi connectivity index (χ1v) is 4.18. The van der Waals surface area contributed by atoms with Gasteiger partial charge in [0.25, 0.3) is 0 Å². The molecule has 2 aliphatic heterocycles. The molecule has 2 rings (SSSR count). The number of carbonyl (C=O) groups excluding carboxylic acids is 1. The molecule has 0 aliphatic carbocycles. The van der Waals surface area contributed by atoms with E-state index in [0.29, 0.717) is 33.0 Å². The fraction of sp³-hybridized carbons (Fsp3) is 0.875. The van der Waals surface area contributed by atoms with Crippen molar-refractivity contribution in [1.82, 2.24) is 4.90 Å². The molecule has 2 fully saturated rings. The van der Waals surface area contributed by atoms with E-state index in [0.717, 1.165) is 0 Å². The van der Waals surface area contributed by atoms with Crippen LogP contribution in [0.2, 0.25) is 0 Å². The van der Waals surface area contributed by atoms with Crippen LogP contribution in [0.15, 0.2) is 0 Å². The van der Waals surface area contributed by atoms with Crippen molar-refractivity contribution in [2.75, 3.05) is 33.0 Å². The monoisotopic (exact) mass is 170 g/mol. The van der Waals surface area contributed by atoms with Gasteiger partial charge in [-0.15, -0.1) is 0 Å². The van der Waals surface area contributed by atoms with Crippen molar-refractivity contribution in [1.29, 1.82) is 0 Å². The van der Waals surface area contributed by atoms with E-state index in [1.165, 1.54) is 0 Å². The molecule has 0 atom stereocenters. The molecular formula is C8H12NO3. The Labute approximate surface area is 71.4 Å². The molecule has 2 saturated heterocycles. The molecule has 0 spiro atoms.